The van der Waals surface area contributed by atoms with Crippen molar-refractivity contribution in [2.45, 2.75) is 6.54 Å². The van der Waals surface area contributed by atoms with E-state index in [-0.39, 0.29) is 5.56 Å². The van der Waals surface area contributed by atoms with E-state index in [4.69, 9.17) is 21.4 Å². The van der Waals surface area contributed by atoms with Crippen LogP contribution in [0, 0.1) is 0 Å². The number of rotatable bonds is 7. The van der Waals surface area contributed by atoms with Crippen LogP contribution in [-0.4, -0.2) is 24.2 Å². The van der Waals surface area contributed by atoms with Crippen molar-refractivity contribution in [3.8, 4) is 5.75 Å². The van der Waals surface area contributed by atoms with Crippen molar-refractivity contribution < 1.29 is 14.6 Å². The first kappa shape index (κ1) is 15.4. The van der Waals surface area contributed by atoms with Gasteiger partial charge in [-0.3, -0.25) is 0 Å². The first-order valence-electron chi connectivity index (χ1n) is 6.57. The summed E-state index contributed by atoms with van der Waals surface area (Å²) in [6.07, 6.45) is 0. The van der Waals surface area contributed by atoms with Gasteiger partial charge in [0, 0.05) is 18.1 Å². The van der Waals surface area contributed by atoms with Crippen LogP contribution in [-0.2, 0) is 6.54 Å². The first-order valence-corrected chi connectivity index (χ1v) is 6.95. The third-order valence-corrected chi connectivity index (χ3v) is 3.29. The van der Waals surface area contributed by atoms with Gasteiger partial charge in [-0.15, -0.1) is 0 Å². The summed E-state index contributed by atoms with van der Waals surface area (Å²) in [5, 5.41) is 12.8. The number of carbonyl (C=O) groups is 1. The molecule has 0 saturated heterocycles. The summed E-state index contributed by atoms with van der Waals surface area (Å²) in [6, 6.07) is 14.0. The minimum absolute atomic E-state index is 0.249. The Labute approximate surface area is 128 Å². The third-order valence-electron chi connectivity index (χ3n) is 2.92. The van der Waals surface area contributed by atoms with E-state index in [2.05, 4.69) is 5.32 Å². The summed E-state index contributed by atoms with van der Waals surface area (Å²) in [5.74, 6) is -0.289. The highest BCUT2D eigenvalue weighted by Gasteiger charge is 2.02. The van der Waals surface area contributed by atoms with E-state index >= 15 is 0 Å². The van der Waals surface area contributed by atoms with Gasteiger partial charge >= 0.3 is 5.97 Å². The second-order valence-corrected chi connectivity index (χ2v) is 4.85. The van der Waals surface area contributed by atoms with Crippen molar-refractivity contribution in [2.24, 2.45) is 0 Å². The van der Waals surface area contributed by atoms with Crippen LogP contribution in [0.25, 0.3) is 0 Å². The van der Waals surface area contributed by atoms with E-state index in [0.29, 0.717) is 25.4 Å². The zero-order valence-electron chi connectivity index (χ0n) is 11.4. The molecular formula is C16H16ClNO3. The van der Waals surface area contributed by atoms with E-state index in [1.807, 2.05) is 24.3 Å². The zero-order valence-corrected chi connectivity index (χ0v) is 12.1. The summed E-state index contributed by atoms with van der Waals surface area (Å²) >= 11 is 6.05. The fraction of sp³-hybridized carbons (Fsp3) is 0.188. The molecule has 2 aromatic rings. The molecule has 0 unspecified atom stereocenters. The second-order valence-electron chi connectivity index (χ2n) is 4.45. The maximum absolute atomic E-state index is 10.7. The standard InChI is InChI=1S/C16H16ClNO3/c17-15-4-2-1-3-13(15)11-18-9-10-21-14-7-5-12(6-8-14)16(19)20/h1-8,18H,9-11H2,(H,19,20). The minimum atomic E-state index is -0.942. The Hall–Kier alpha value is -2.04. The smallest absolute Gasteiger partial charge is 0.335 e. The topological polar surface area (TPSA) is 58.6 Å². The maximum Gasteiger partial charge on any atom is 0.335 e. The molecule has 21 heavy (non-hydrogen) atoms. The lowest BCUT2D eigenvalue weighted by molar-refractivity contribution is 0.0697. The predicted octanol–water partition coefficient (Wildman–Crippen LogP) is 3.21. The molecule has 110 valence electrons. The molecule has 2 N–H and O–H groups in total. The van der Waals surface area contributed by atoms with E-state index in [1.165, 1.54) is 12.1 Å². The monoisotopic (exact) mass is 305 g/mol. The molecule has 2 aromatic carbocycles. The van der Waals surface area contributed by atoms with Crippen LogP contribution >= 0.6 is 11.6 Å². The van der Waals surface area contributed by atoms with E-state index < -0.39 is 5.97 Å². The molecule has 0 atom stereocenters. The van der Waals surface area contributed by atoms with Crippen molar-refractivity contribution in [3.63, 3.8) is 0 Å². The average Bonchev–Trinajstić information content (AvgIpc) is 2.49. The molecule has 0 amide bonds. The molecule has 2 rings (SSSR count). The van der Waals surface area contributed by atoms with Crippen molar-refractivity contribution in [2.75, 3.05) is 13.2 Å². The normalized spacial score (nSPS) is 10.3. The molecule has 0 aliphatic heterocycles. The van der Waals surface area contributed by atoms with Crippen molar-refractivity contribution >= 4 is 17.6 Å². The summed E-state index contributed by atoms with van der Waals surface area (Å²) in [7, 11) is 0. The zero-order chi connectivity index (χ0) is 15.1. The Morgan fingerprint density at radius 3 is 2.52 bits per heavy atom. The van der Waals surface area contributed by atoms with Gasteiger partial charge in [-0.25, -0.2) is 4.79 Å². The fourth-order valence-electron chi connectivity index (χ4n) is 1.80. The highest BCUT2D eigenvalue weighted by atomic mass is 35.5. The van der Waals surface area contributed by atoms with Gasteiger partial charge in [-0.05, 0) is 35.9 Å². The predicted molar refractivity (Wildman–Crippen MR) is 82.1 cm³/mol. The molecule has 0 aromatic heterocycles. The quantitative estimate of drug-likeness (QED) is 0.771. The molecule has 4 nitrogen and oxygen atoms in total. The minimum Gasteiger partial charge on any atom is -0.492 e. The highest BCUT2D eigenvalue weighted by Crippen LogP contribution is 2.14. The van der Waals surface area contributed by atoms with Crippen LogP contribution in [0.3, 0.4) is 0 Å². The number of carboxylic acid groups (broad SMARTS) is 1. The Morgan fingerprint density at radius 2 is 1.86 bits per heavy atom. The van der Waals surface area contributed by atoms with E-state index in [1.54, 1.807) is 12.1 Å². The number of hydrogen-bond acceptors (Lipinski definition) is 3. The average molecular weight is 306 g/mol. The molecule has 0 bridgehead atoms. The van der Waals surface area contributed by atoms with Crippen LogP contribution in [0.4, 0.5) is 0 Å². The number of nitrogens with one attached hydrogen (secondary N) is 1. The lowest BCUT2D eigenvalue weighted by atomic mass is 10.2. The molecular weight excluding hydrogens is 290 g/mol. The summed E-state index contributed by atoms with van der Waals surface area (Å²) in [6.45, 7) is 1.85. The summed E-state index contributed by atoms with van der Waals surface area (Å²) < 4.78 is 5.52. The molecule has 0 aliphatic rings. The first-order chi connectivity index (χ1) is 10.2. The summed E-state index contributed by atoms with van der Waals surface area (Å²) in [5.41, 5.74) is 1.30. The molecule has 0 saturated carbocycles. The van der Waals surface area contributed by atoms with Gasteiger partial charge in [0.25, 0.3) is 0 Å². The summed E-state index contributed by atoms with van der Waals surface area (Å²) in [4.78, 5) is 10.7. The van der Waals surface area contributed by atoms with Gasteiger partial charge in [0.15, 0.2) is 0 Å². The number of carboxylic acids is 1. The number of hydrogen-bond donors (Lipinski definition) is 2. The van der Waals surface area contributed by atoms with Crippen LogP contribution < -0.4 is 10.1 Å². The van der Waals surface area contributed by atoms with Crippen molar-refractivity contribution in [1.82, 2.24) is 5.32 Å². The van der Waals surface area contributed by atoms with Crippen LogP contribution in [0.15, 0.2) is 48.5 Å². The maximum atomic E-state index is 10.7. The molecule has 0 heterocycles. The largest absolute Gasteiger partial charge is 0.492 e. The Balaban J connectivity index is 1.70. The molecule has 0 aliphatic carbocycles. The number of aromatic carboxylic acids is 1. The number of benzene rings is 2. The van der Waals surface area contributed by atoms with Crippen molar-refractivity contribution in [3.05, 3.63) is 64.7 Å². The van der Waals surface area contributed by atoms with Gasteiger partial charge in [0.05, 0.1) is 5.56 Å². The van der Waals surface area contributed by atoms with Crippen molar-refractivity contribution in [1.29, 1.82) is 0 Å². The van der Waals surface area contributed by atoms with E-state index in [9.17, 15) is 4.79 Å². The van der Waals surface area contributed by atoms with Gasteiger partial charge < -0.3 is 15.2 Å². The molecule has 5 heteroatoms. The van der Waals surface area contributed by atoms with Gasteiger partial charge in [-0.1, -0.05) is 29.8 Å². The van der Waals surface area contributed by atoms with Crippen LogP contribution in [0.2, 0.25) is 5.02 Å². The van der Waals surface area contributed by atoms with Crippen LogP contribution in [0.1, 0.15) is 15.9 Å². The molecule has 0 spiro atoms. The van der Waals surface area contributed by atoms with Gasteiger partial charge in [0.2, 0.25) is 0 Å². The Morgan fingerprint density at radius 1 is 1.14 bits per heavy atom. The van der Waals surface area contributed by atoms with Gasteiger partial charge in [-0.2, -0.15) is 0 Å². The van der Waals surface area contributed by atoms with E-state index in [0.717, 1.165) is 10.6 Å². The Kier molecular flexibility index (Phi) is 5.60. The number of halogens is 1. The lowest BCUT2D eigenvalue weighted by Crippen LogP contribution is -2.20. The van der Waals surface area contributed by atoms with Crippen LogP contribution in [0.5, 0.6) is 5.75 Å². The fourth-order valence-corrected chi connectivity index (χ4v) is 2.00. The molecule has 0 radical (unpaired) electrons. The lowest BCUT2D eigenvalue weighted by Gasteiger charge is -2.08. The Bertz CT molecular complexity index is 599. The second kappa shape index (κ2) is 7.67. The third kappa shape index (κ3) is 4.77. The molecule has 0 fully saturated rings. The van der Waals surface area contributed by atoms with Gasteiger partial charge in [0.1, 0.15) is 12.4 Å². The highest BCUT2D eigenvalue weighted by molar-refractivity contribution is 6.31. The SMILES string of the molecule is O=C(O)c1ccc(OCCNCc2ccccc2Cl)cc1. The number of ether oxygens (including phenoxy) is 1.